The first-order valence-corrected chi connectivity index (χ1v) is 10.3. The molecule has 2 rings (SSSR count). The van der Waals surface area contributed by atoms with Gasteiger partial charge in [-0.05, 0) is 57.7 Å². The van der Waals surface area contributed by atoms with Crippen molar-refractivity contribution >= 4 is 11.4 Å². The van der Waals surface area contributed by atoms with Crippen molar-refractivity contribution in [2.24, 2.45) is 0 Å². The molecule has 3 unspecified atom stereocenters. The Labute approximate surface area is 176 Å². The fourth-order valence-corrected chi connectivity index (χ4v) is 3.74. The SMILES string of the molecule is C=CN(C)Cc1cc(N2CC(C)NC(C)C2)ccc1N(/C=C(/C)NC)C(C)C#N. The highest BCUT2D eigenvalue weighted by Gasteiger charge is 2.23. The van der Waals surface area contributed by atoms with Gasteiger partial charge in [-0.2, -0.15) is 5.26 Å². The van der Waals surface area contributed by atoms with Gasteiger partial charge in [0, 0.05) is 69.1 Å². The normalized spacial score (nSPS) is 20.6. The van der Waals surface area contributed by atoms with Crippen LogP contribution >= 0.6 is 0 Å². The highest BCUT2D eigenvalue weighted by Crippen LogP contribution is 2.30. The second-order valence-corrected chi connectivity index (χ2v) is 8.06. The maximum Gasteiger partial charge on any atom is 0.118 e. The first-order valence-electron chi connectivity index (χ1n) is 10.3. The van der Waals surface area contributed by atoms with E-state index in [1.807, 2.05) is 45.2 Å². The molecule has 6 heteroatoms. The van der Waals surface area contributed by atoms with E-state index in [4.69, 9.17) is 0 Å². The number of nitrogens with one attached hydrogen (secondary N) is 2. The highest BCUT2D eigenvalue weighted by atomic mass is 15.2. The van der Waals surface area contributed by atoms with Crippen molar-refractivity contribution in [3.05, 3.63) is 48.4 Å². The number of nitrogens with zero attached hydrogens (tertiary/aromatic N) is 4. The van der Waals surface area contributed by atoms with Crippen molar-refractivity contribution in [3.63, 3.8) is 0 Å². The van der Waals surface area contributed by atoms with Gasteiger partial charge in [0.05, 0.1) is 6.07 Å². The second kappa shape index (κ2) is 10.2. The summed E-state index contributed by atoms with van der Waals surface area (Å²) >= 11 is 0. The molecule has 1 saturated heterocycles. The average Bonchev–Trinajstić information content (AvgIpc) is 2.70. The predicted octanol–water partition coefficient (Wildman–Crippen LogP) is 3.25. The fraction of sp³-hybridized carbons (Fsp3) is 0.522. The summed E-state index contributed by atoms with van der Waals surface area (Å²) in [6.07, 6.45) is 3.84. The molecule has 0 bridgehead atoms. The topological polar surface area (TPSA) is 57.6 Å². The predicted molar refractivity (Wildman–Crippen MR) is 123 cm³/mol. The molecule has 0 saturated carbocycles. The summed E-state index contributed by atoms with van der Waals surface area (Å²) in [5.74, 6) is 0. The standard InChI is InChI=1S/C23H36N6/c1-8-27(7)16-21-11-22(28-13-18(3)26-19(4)14-28)9-10-23(21)29(20(5)12-24)15-17(2)25-6/h8-11,15,18-20,25-26H,1,13-14,16H2,2-7H3/b17-15-. The zero-order valence-corrected chi connectivity index (χ0v) is 18.7. The van der Waals surface area contributed by atoms with Crippen LogP contribution in [0.15, 0.2) is 42.9 Å². The summed E-state index contributed by atoms with van der Waals surface area (Å²) in [5.41, 5.74) is 4.44. The summed E-state index contributed by atoms with van der Waals surface area (Å²) in [6.45, 7) is 15.0. The van der Waals surface area contributed by atoms with Crippen LogP contribution in [0.25, 0.3) is 0 Å². The largest absolute Gasteiger partial charge is 0.390 e. The number of benzene rings is 1. The lowest BCUT2D eigenvalue weighted by molar-refractivity contribution is 0.406. The van der Waals surface area contributed by atoms with Gasteiger partial charge in [0.1, 0.15) is 6.04 Å². The molecular formula is C23H36N6. The molecule has 3 atom stereocenters. The van der Waals surface area contributed by atoms with Gasteiger partial charge in [-0.1, -0.05) is 6.58 Å². The minimum absolute atomic E-state index is 0.281. The van der Waals surface area contributed by atoms with Gasteiger partial charge in [0.15, 0.2) is 0 Å². The van der Waals surface area contributed by atoms with E-state index in [-0.39, 0.29) is 6.04 Å². The Bertz CT molecular complexity index is 755. The molecule has 0 aromatic heterocycles. The quantitative estimate of drug-likeness (QED) is 0.703. The van der Waals surface area contributed by atoms with E-state index < -0.39 is 0 Å². The van der Waals surface area contributed by atoms with Gasteiger partial charge < -0.3 is 25.3 Å². The lowest BCUT2D eigenvalue weighted by Gasteiger charge is -2.38. The molecule has 1 aromatic rings. The Morgan fingerprint density at radius 2 is 2.07 bits per heavy atom. The molecule has 1 aliphatic heterocycles. The third-order valence-electron chi connectivity index (χ3n) is 5.33. The summed E-state index contributed by atoms with van der Waals surface area (Å²) in [7, 11) is 3.91. The molecule has 0 radical (unpaired) electrons. The molecule has 0 amide bonds. The lowest BCUT2D eigenvalue weighted by Crippen LogP contribution is -2.54. The van der Waals surface area contributed by atoms with Crippen LogP contribution in [0.4, 0.5) is 11.4 Å². The zero-order chi connectivity index (χ0) is 21.6. The number of piperazine rings is 1. The van der Waals surface area contributed by atoms with Gasteiger partial charge in [0.2, 0.25) is 0 Å². The minimum Gasteiger partial charge on any atom is -0.390 e. The van der Waals surface area contributed by atoms with Crippen LogP contribution in [0, 0.1) is 11.3 Å². The van der Waals surface area contributed by atoms with E-state index in [1.165, 1.54) is 11.3 Å². The van der Waals surface area contributed by atoms with Crippen molar-refractivity contribution < 1.29 is 0 Å². The highest BCUT2D eigenvalue weighted by molar-refractivity contribution is 5.64. The van der Waals surface area contributed by atoms with Gasteiger partial charge in [-0.3, -0.25) is 0 Å². The van der Waals surface area contributed by atoms with Crippen LogP contribution in [0.3, 0.4) is 0 Å². The van der Waals surface area contributed by atoms with E-state index >= 15 is 0 Å². The Morgan fingerprint density at radius 3 is 2.62 bits per heavy atom. The molecule has 0 spiro atoms. The molecule has 1 aromatic carbocycles. The number of nitriles is 1. The van der Waals surface area contributed by atoms with Crippen LogP contribution in [0.1, 0.15) is 33.3 Å². The van der Waals surface area contributed by atoms with Crippen LogP contribution in [-0.4, -0.2) is 50.2 Å². The monoisotopic (exact) mass is 396 g/mol. The smallest absolute Gasteiger partial charge is 0.118 e. The van der Waals surface area contributed by atoms with Crippen LogP contribution in [0.5, 0.6) is 0 Å². The van der Waals surface area contributed by atoms with E-state index in [1.54, 1.807) is 0 Å². The summed E-state index contributed by atoms with van der Waals surface area (Å²) in [6, 6.07) is 9.59. The van der Waals surface area contributed by atoms with Crippen molar-refractivity contribution in [1.82, 2.24) is 15.5 Å². The maximum atomic E-state index is 9.60. The minimum atomic E-state index is -0.281. The third-order valence-corrected chi connectivity index (χ3v) is 5.33. The van der Waals surface area contributed by atoms with Gasteiger partial charge in [0.25, 0.3) is 0 Å². The number of hydrogen-bond donors (Lipinski definition) is 2. The van der Waals surface area contributed by atoms with Gasteiger partial charge in [-0.25, -0.2) is 0 Å². The van der Waals surface area contributed by atoms with E-state index in [2.05, 4.69) is 65.1 Å². The van der Waals surface area contributed by atoms with E-state index in [0.717, 1.165) is 31.0 Å². The van der Waals surface area contributed by atoms with Gasteiger partial charge in [-0.15, -0.1) is 0 Å². The lowest BCUT2D eigenvalue weighted by atomic mass is 10.1. The second-order valence-electron chi connectivity index (χ2n) is 8.06. The molecule has 158 valence electrons. The van der Waals surface area contributed by atoms with Crippen LogP contribution in [0.2, 0.25) is 0 Å². The van der Waals surface area contributed by atoms with Crippen molar-refractivity contribution in [2.45, 2.75) is 52.4 Å². The Morgan fingerprint density at radius 1 is 1.41 bits per heavy atom. The first-order chi connectivity index (χ1) is 13.8. The summed E-state index contributed by atoms with van der Waals surface area (Å²) in [4.78, 5) is 6.56. The van der Waals surface area contributed by atoms with Crippen molar-refractivity contribution in [3.8, 4) is 6.07 Å². The molecular weight excluding hydrogens is 360 g/mol. The van der Waals surface area contributed by atoms with Gasteiger partial charge >= 0.3 is 0 Å². The molecule has 0 aliphatic carbocycles. The van der Waals surface area contributed by atoms with Crippen molar-refractivity contribution in [2.75, 3.05) is 37.0 Å². The number of allylic oxidation sites excluding steroid dienone is 1. The molecule has 1 aliphatic rings. The zero-order valence-electron chi connectivity index (χ0n) is 18.7. The molecule has 1 heterocycles. The molecule has 1 fully saturated rings. The Balaban J connectivity index is 2.50. The Hall–Kier alpha value is -2.65. The summed E-state index contributed by atoms with van der Waals surface area (Å²) in [5, 5.41) is 16.4. The molecule has 2 N–H and O–H groups in total. The van der Waals surface area contributed by atoms with Crippen LogP contribution in [-0.2, 0) is 6.54 Å². The molecule has 6 nitrogen and oxygen atoms in total. The fourth-order valence-electron chi connectivity index (χ4n) is 3.74. The number of anilines is 2. The van der Waals surface area contributed by atoms with E-state index in [0.29, 0.717) is 12.1 Å². The first kappa shape index (κ1) is 22.6. The third kappa shape index (κ3) is 5.91. The van der Waals surface area contributed by atoms with Crippen LogP contribution < -0.4 is 20.4 Å². The number of hydrogen-bond acceptors (Lipinski definition) is 6. The van der Waals surface area contributed by atoms with Crippen molar-refractivity contribution in [1.29, 1.82) is 5.26 Å². The summed E-state index contributed by atoms with van der Waals surface area (Å²) < 4.78 is 0. The molecule has 29 heavy (non-hydrogen) atoms. The number of rotatable bonds is 8. The average molecular weight is 397 g/mol. The maximum absolute atomic E-state index is 9.60. The van der Waals surface area contributed by atoms with E-state index in [9.17, 15) is 5.26 Å². The Kier molecular flexibility index (Phi) is 7.98.